The second-order valence-corrected chi connectivity index (χ2v) is 7.77. The third kappa shape index (κ3) is 4.74. The Morgan fingerprint density at radius 2 is 1.66 bits per heavy atom. The fraction of sp³-hybridized carbons (Fsp3) is 0.292. The SMILES string of the molecule is COc1ccc(-c2nn(Cc3ccccc3)cc2C(=O)N2CCCN(C(N)=O)CC2)cc1. The van der Waals surface area contributed by atoms with Gasteiger partial charge < -0.3 is 20.3 Å². The second kappa shape index (κ2) is 9.55. The first kappa shape index (κ1) is 21.4. The summed E-state index contributed by atoms with van der Waals surface area (Å²) < 4.78 is 7.06. The van der Waals surface area contributed by atoms with Gasteiger partial charge in [-0.25, -0.2) is 4.79 Å². The van der Waals surface area contributed by atoms with E-state index in [9.17, 15) is 9.59 Å². The monoisotopic (exact) mass is 433 g/mol. The summed E-state index contributed by atoms with van der Waals surface area (Å²) in [6, 6.07) is 17.1. The Labute approximate surface area is 187 Å². The van der Waals surface area contributed by atoms with Crippen LogP contribution >= 0.6 is 0 Å². The molecule has 1 aliphatic heterocycles. The van der Waals surface area contributed by atoms with E-state index >= 15 is 0 Å². The van der Waals surface area contributed by atoms with Gasteiger partial charge in [-0.1, -0.05) is 30.3 Å². The number of nitrogens with two attached hydrogens (primary N) is 1. The number of benzene rings is 2. The average Bonchev–Trinajstić information content (AvgIpc) is 3.06. The maximum absolute atomic E-state index is 13.5. The van der Waals surface area contributed by atoms with E-state index in [1.165, 1.54) is 0 Å². The number of amides is 3. The normalized spacial score (nSPS) is 14.2. The summed E-state index contributed by atoms with van der Waals surface area (Å²) >= 11 is 0. The Balaban J connectivity index is 1.65. The van der Waals surface area contributed by atoms with Crippen molar-refractivity contribution < 1.29 is 14.3 Å². The van der Waals surface area contributed by atoms with Gasteiger partial charge in [0.15, 0.2) is 0 Å². The van der Waals surface area contributed by atoms with Crippen molar-refractivity contribution in [3.8, 4) is 17.0 Å². The molecule has 0 unspecified atom stereocenters. The van der Waals surface area contributed by atoms with Gasteiger partial charge >= 0.3 is 6.03 Å². The van der Waals surface area contributed by atoms with Crippen LogP contribution in [0.4, 0.5) is 4.79 Å². The highest BCUT2D eigenvalue weighted by molar-refractivity contribution is 6.00. The lowest BCUT2D eigenvalue weighted by molar-refractivity contribution is 0.0763. The molecule has 3 aromatic rings. The minimum Gasteiger partial charge on any atom is -0.497 e. The number of ether oxygens (including phenoxy) is 1. The van der Waals surface area contributed by atoms with Crippen LogP contribution in [0.15, 0.2) is 60.8 Å². The summed E-state index contributed by atoms with van der Waals surface area (Å²) in [6.45, 7) is 2.55. The zero-order valence-corrected chi connectivity index (χ0v) is 18.1. The van der Waals surface area contributed by atoms with E-state index in [1.54, 1.807) is 21.6 Å². The Kier molecular flexibility index (Phi) is 6.39. The Morgan fingerprint density at radius 1 is 0.969 bits per heavy atom. The number of rotatable bonds is 5. The molecule has 1 fully saturated rings. The largest absolute Gasteiger partial charge is 0.497 e. The molecular formula is C24H27N5O3. The summed E-state index contributed by atoms with van der Waals surface area (Å²) in [4.78, 5) is 28.4. The third-order valence-corrected chi connectivity index (χ3v) is 5.64. The molecule has 0 atom stereocenters. The van der Waals surface area contributed by atoms with E-state index in [4.69, 9.17) is 15.6 Å². The smallest absolute Gasteiger partial charge is 0.314 e. The maximum Gasteiger partial charge on any atom is 0.314 e. The van der Waals surface area contributed by atoms with Gasteiger partial charge in [-0.2, -0.15) is 5.10 Å². The van der Waals surface area contributed by atoms with E-state index in [0.29, 0.717) is 50.4 Å². The maximum atomic E-state index is 13.5. The van der Waals surface area contributed by atoms with Crippen LogP contribution in [0.3, 0.4) is 0 Å². The molecule has 3 amide bonds. The number of hydrogen-bond acceptors (Lipinski definition) is 4. The first-order chi connectivity index (χ1) is 15.5. The molecule has 0 radical (unpaired) electrons. The van der Waals surface area contributed by atoms with Crippen LogP contribution in [0.5, 0.6) is 5.75 Å². The zero-order valence-electron chi connectivity index (χ0n) is 18.1. The number of methoxy groups -OCH3 is 1. The van der Waals surface area contributed by atoms with Crippen LogP contribution in [0.1, 0.15) is 22.3 Å². The quantitative estimate of drug-likeness (QED) is 0.670. The molecule has 0 bridgehead atoms. The topological polar surface area (TPSA) is 93.7 Å². The summed E-state index contributed by atoms with van der Waals surface area (Å²) in [6.07, 6.45) is 2.50. The van der Waals surface area contributed by atoms with Crippen molar-refractivity contribution in [2.75, 3.05) is 33.3 Å². The van der Waals surface area contributed by atoms with Crippen molar-refractivity contribution in [3.63, 3.8) is 0 Å². The molecular weight excluding hydrogens is 406 g/mol. The lowest BCUT2D eigenvalue weighted by atomic mass is 10.1. The molecule has 8 heteroatoms. The standard InChI is InChI=1S/C24H27N5O3/c1-32-20-10-8-19(9-11-20)22-21(17-29(26-22)16-18-6-3-2-4-7-18)23(30)27-12-5-13-28(15-14-27)24(25)31/h2-4,6-11,17H,5,12-16H2,1H3,(H2,25,31). The van der Waals surface area contributed by atoms with Crippen molar-refractivity contribution in [1.29, 1.82) is 0 Å². The van der Waals surface area contributed by atoms with Gasteiger partial charge in [0, 0.05) is 37.9 Å². The molecule has 0 aliphatic carbocycles. The van der Waals surface area contributed by atoms with Crippen LogP contribution in [-0.2, 0) is 6.54 Å². The molecule has 32 heavy (non-hydrogen) atoms. The fourth-order valence-electron chi connectivity index (χ4n) is 3.90. The molecule has 8 nitrogen and oxygen atoms in total. The van der Waals surface area contributed by atoms with Crippen molar-refractivity contribution in [2.24, 2.45) is 5.73 Å². The highest BCUT2D eigenvalue weighted by Gasteiger charge is 2.26. The number of aromatic nitrogens is 2. The highest BCUT2D eigenvalue weighted by Crippen LogP contribution is 2.26. The van der Waals surface area contributed by atoms with Crippen molar-refractivity contribution in [1.82, 2.24) is 19.6 Å². The van der Waals surface area contributed by atoms with Crippen LogP contribution in [0.25, 0.3) is 11.3 Å². The van der Waals surface area contributed by atoms with Crippen molar-refractivity contribution >= 4 is 11.9 Å². The number of urea groups is 1. The fourth-order valence-corrected chi connectivity index (χ4v) is 3.90. The van der Waals surface area contributed by atoms with Crippen molar-refractivity contribution in [3.05, 3.63) is 71.9 Å². The molecule has 1 aromatic heterocycles. The molecule has 1 aliphatic rings. The summed E-state index contributed by atoms with van der Waals surface area (Å²) in [5, 5.41) is 4.76. The van der Waals surface area contributed by atoms with Crippen molar-refractivity contribution in [2.45, 2.75) is 13.0 Å². The minimum absolute atomic E-state index is 0.0959. The van der Waals surface area contributed by atoms with Crippen LogP contribution in [-0.4, -0.2) is 64.8 Å². The predicted molar refractivity (Wildman–Crippen MR) is 121 cm³/mol. The molecule has 1 saturated heterocycles. The zero-order chi connectivity index (χ0) is 22.5. The van der Waals surface area contributed by atoms with Gasteiger partial charge in [0.1, 0.15) is 11.4 Å². The number of carbonyl (C=O) groups is 2. The molecule has 2 N–H and O–H groups in total. The van der Waals surface area contributed by atoms with Gasteiger partial charge in [-0.3, -0.25) is 9.48 Å². The first-order valence-corrected chi connectivity index (χ1v) is 10.6. The summed E-state index contributed by atoms with van der Waals surface area (Å²) in [5.41, 5.74) is 8.54. The molecule has 166 valence electrons. The predicted octanol–water partition coefficient (Wildman–Crippen LogP) is 2.83. The number of primary amides is 1. The Hall–Kier alpha value is -3.81. The lowest BCUT2D eigenvalue weighted by Gasteiger charge is -2.21. The highest BCUT2D eigenvalue weighted by atomic mass is 16.5. The first-order valence-electron chi connectivity index (χ1n) is 10.6. The number of nitrogens with zero attached hydrogens (tertiary/aromatic N) is 4. The number of carbonyl (C=O) groups excluding carboxylic acids is 2. The summed E-state index contributed by atoms with van der Waals surface area (Å²) in [7, 11) is 1.62. The van der Waals surface area contributed by atoms with E-state index in [0.717, 1.165) is 16.9 Å². The van der Waals surface area contributed by atoms with Crippen LogP contribution in [0.2, 0.25) is 0 Å². The third-order valence-electron chi connectivity index (χ3n) is 5.64. The summed E-state index contributed by atoms with van der Waals surface area (Å²) in [5.74, 6) is 0.644. The van der Waals surface area contributed by atoms with Gasteiger partial charge in [-0.05, 0) is 36.2 Å². The Morgan fingerprint density at radius 3 is 2.34 bits per heavy atom. The Bertz CT molecular complexity index is 1080. The molecule has 2 aromatic carbocycles. The van der Waals surface area contributed by atoms with E-state index < -0.39 is 6.03 Å². The lowest BCUT2D eigenvalue weighted by Crippen LogP contribution is -2.39. The van der Waals surface area contributed by atoms with Gasteiger partial charge in [0.2, 0.25) is 0 Å². The van der Waals surface area contributed by atoms with E-state index in [1.807, 2.05) is 60.8 Å². The molecule has 4 rings (SSSR count). The van der Waals surface area contributed by atoms with Crippen LogP contribution < -0.4 is 10.5 Å². The molecule has 2 heterocycles. The molecule has 0 saturated carbocycles. The average molecular weight is 434 g/mol. The minimum atomic E-state index is -0.450. The van der Waals surface area contributed by atoms with E-state index in [2.05, 4.69) is 0 Å². The van der Waals surface area contributed by atoms with Gasteiger partial charge in [-0.15, -0.1) is 0 Å². The van der Waals surface area contributed by atoms with E-state index in [-0.39, 0.29) is 5.91 Å². The second-order valence-electron chi connectivity index (χ2n) is 7.77. The van der Waals surface area contributed by atoms with Gasteiger partial charge in [0.05, 0.1) is 19.2 Å². The number of hydrogen-bond donors (Lipinski definition) is 1. The van der Waals surface area contributed by atoms with Crippen LogP contribution in [0, 0.1) is 0 Å². The van der Waals surface area contributed by atoms with Gasteiger partial charge in [0.25, 0.3) is 5.91 Å². The molecule has 0 spiro atoms.